The Morgan fingerprint density at radius 1 is 0.774 bits per heavy atom. The molecule has 0 radical (unpaired) electrons. The summed E-state index contributed by atoms with van der Waals surface area (Å²) in [5.74, 6) is -0.320. The van der Waals surface area contributed by atoms with E-state index in [0.29, 0.717) is 11.4 Å². The van der Waals surface area contributed by atoms with Crippen LogP contribution >= 0.6 is 0 Å². The lowest BCUT2D eigenvalue weighted by Gasteiger charge is -2.19. The van der Waals surface area contributed by atoms with Crippen LogP contribution in [-0.2, 0) is 14.8 Å². The van der Waals surface area contributed by atoms with Crippen molar-refractivity contribution < 1.29 is 18.0 Å². The molecule has 31 heavy (non-hydrogen) atoms. The van der Waals surface area contributed by atoms with E-state index in [1.807, 2.05) is 20.8 Å². The molecule has 2 aromatic carbocycles. The minimum Gasteiger partial charge on any atom is -0.341 e. The Labute approximate surface area is 183 Å². The van der Waals surface area contributed by atoms with Gasteiger partial charge < -0.3 is 16.0 Å². The first-order valence-electron chi connectivity index (χ1n) is 9.93. The van der Waals surface area contributed by atoms with Gasteiger partial charge in [-0.1, -0.05) is 0 Å². The highest BCUT2D eigenvalue weighted by molar-refractivity contribution is 7.89. The number of hydrogen-bond donors (Lipinski definition) is 4. The molecule has 9 heteroatoms. The maximum atomic E-state index is 12.9. The summed E-state index contributed by atoms with van der Waals surface area (Å²) in [5.41, 5.74) is 5.58. The van der Waals surface area contributed by atoms with Gasteiger partial charge >= 0.3 is 6.03 Å². The first-order chi connectivity index (χ1) is 14.5. The topological polar surface area (TPSA) is 116 Å². The number of anilines is 2. The lowest BCUT2D eigenvalue weighted by Crippen LogP contribution is -2.29. The molecule has 0 aliphatic rings. The van der Waals surface area contributed by atoms with E-state index in [-0.39, 0.29) is 29.8 Å². The third-order valence-corrected chi connectivity index (χ3v) is 7.23. The zero-order valence-corrected chi connectivity index (χ0v) is 19.6. The number of amides is 3. The van der Waals surface area contributed by atoms with Crippen LogP contribution in [0.5, 0.6) is 0 Å². The number of sulfonamides is 1. The van der Waals surface area contributed by atoms with Crippen molar-refractivity contribution in [3.05, 3.63) is 52.1 Å². The van der Waals surface area contributed by atoms with Gasteiger partial charge in [-0.05, 0) is 86.7 Å². The van der Waals surface area contributed by atoms with Crippen LogP contribution in [0, 0.1) is 34.6 Å². The molecular formula is C22H30N4O4S. The van der Waals surface area contributed by atoms with Crippen molar-refractivity contribution >= 4 is 33.3 Å². The van der Waals surface area contributed by atoms with Crippen LogP contribution in [0.25, 0.3) is 0 Å². The fourth-order valence-electron chi connectivity index (χ4n) is 3.29. The Kier molecular flexibility index (Phi) is 7.80. The van der Waals surface area contributed by atoms with Gasteiger partial charge in [0.2, 0.25) is 15.9 Å². The van der Waals surface area contributed by atoms with Gasteiger partial charge in [0.05, 0.1) is 4.90 Å². The van der Waals surface area contributed by atoms with Crippen molar-refractivity contribution in [3.8, 4) is 0 Å². The van der Waals surface area contributed by atoms with Gasteiger partial charge in [0, 0.05) is 31.4 Å². The predicted molar refractivity (Wildman–Crippen MR) is 123 cm³/mol. The zero-order chi connectivity index (χ0) is 23.3. The molecule has 0 saturated carbocycles. The van der Waals surface area contributed by atoms with Crippen molar-refractivity contribution in [2.45, 2.75) is 45.9 Å². The van der Waals surface area contributed by atoms with Crippen molar-refractivity contribution in [1.29, 1.82) is 0 Å². The Morgan fingerprint density at radius 3 is 1.71 bits per heavy atom. The first kappa shape index (κ1) is 24.4. The largest absolute Gasteiger partial charge is 0.341 e. The Bertz CT molecular complexity index is 1060. The SMILES string of the molecule is CNC(=O)Nc1ccc(NC(=O)CCNS(=O)(=O)c2c(C)c(C)c(C)c(C)c2C)cc1. The normalized spacial score (nSPS) is 11.2. The summed E-state index contributed by atoms with van der Waals surface area (Å²) in [6.45, 7) is 9.41. The lowest BCUT2D eigenvalue weighted by molar-refractivity contribution is -0.116. The van der Waals surface area contributed by atoms with Gasteiger partial charge in [-0.3, -0.25) is 4.79 Å². The minimum absolute atomic E-state index is 0.0145. The first-order valence-corrected chi connectivity index (χ1v) is 11.4. The molecule has 168 valence electrons. The molecule has 0 atom stereocenters. The molecule has 0 aliphatic heterocycles. The van der Waals surface area contributed by atoms with E-state index in [0.717, 1.165) is 27.8 Å². The van der Waals surface area contributed by atoms with Crippen LogP contribution in [0.3, 0.4) is 0 Å². The highest BCUT2D eigenvalue weighted by Gasteiger charge is 2.23. The van der Waals surface area contributed by atoms with Gasteiger partial charge in [-0.15, -0.1) is 0 Å². The van der Waals surface area contributed by atoms with Crippen LogP contribution in [0.4, 0.5) is 16.2 Å². The van der Waals surface area contributed by atoms with E-state index in [1.165, 1.54) is 7.05 Å². The van der Waals surface area contributed by atoms with Crippen molar-refractivity contribution in [1.82, 2.24) is 10.0 Å². The van der Waals surface area contributed by atoms with Gasteiger partial charge in [0.25, 0.3) is 0 Å². The van der Waals surface area contributed by atoms with E-state index in [1.54, 1.807) is 38.1 Å². The average molecular weight is 447 g/mol. The van der Waals surface area contributed by atoms with Crippen LogP contribution in [0.2, 0.25) is 0 Å². The maximum Gasteiger partial charge on any atom is 0.318 e. The zero-order valence-electron chi connectivity index (χ0n) is 18.8. The molecule has 0 bridgehead atoms. The number of carbonyl (C=O) groups is 2. The van der Waals surface area contributed by atoms with Gasteiger partial charge in [-0.25, -0.2) is 17.9 Å². The van der Waals surface area contributed by atoms with Crippen molar-refractivity contribution in [2.75, 3.05) is 24.2 Å². The van der Waals surface area contributed by atoms with Crippen LogP contribution in [0.15, 0.2) is 29.2 Å². The number of nitrogens with one attached hydrogen (secondary N) is 4. The molecule has 0 spiro atoms. The fourth-order valence-corrected chi connectivity index (χ4v) is 4.92. The molecule has 0 aliphatic carbocycles. The summed E-state index contributed by atoms with van der Waals surface area (Å²) in [6, 6.07) is 6.27. The number of carbonyl (C=O) groups excluding carboxylic acids is 2. The summed E-state index contributed by atoms with van der Waals surface area (Å²) in [5, 5.41) is 7.78. The highest BCUT2D eigenvalue weighted by atomic mass is 32.2. The van der Waals surface area contributed by atoms with Crippen molar-refractivity contribution in [3.63, 3.8) is 0 Å². The smallest absolute Gasteiger partial charge is 0.318 e. The quantitative estimate of drug-likeness (QED) is 0.522. The van der Waals surface area contributed by atoms with E-state index < -0.39 is 10.0 Å². The van der Waals surface area contributed by atoms with Gasteiger partial charge in [-0.2, -0.15) is 0 Å². The number of hydrogen-bond acceptors (Lipinski definition) is 4. The molecule has 0 fully saturated rings. The standard InChI is InChI=1S/C22H30N4O4S/c1-13-14(2)16(4)21(17(5)15(13)3)31(29,30)24-12-11-20(27)25-18-7-9-19(10-8-18)26-22(28)23-6/h7-10,24H,11-12H2,1-6H3,(H,25,27)(H2,23,26,28). The number of urea groups is 1. The van der Waals surface area contributed by atoms with Crippen LogP contribution in [-0.4, -0.2) is 33.9 Å². The fraction of sp³-hybridized carbons (Fsp3) is 0.364. The minimum atomic E-state index is -3.75. The molecule has 4 N–H and O–H groups in total. The molecule has 8 nitrogen and oxygen atoms in total. The number of rotatable bonds is 7. The second-order valence-electron chi connectivity index (χ2n) is 7.43. The van der Waals surface area contributed by atoms with Crippen LogP contribution < -0.4 is 20.7 Å². The summed E-state index contributed by atoms with van der Waals surface area (Å²) < 4.78 is 28.3. The maximum absolute atomic E-state index is 12.9. The van der Waals surface area contributed by atoms with E-state index in [2.05, 4.69) is 20.7 Å². The molecule has 0 saturated heterocycles. The second-order valence-corrected chi connectivity index (χ2v) is 9.14. The lowest BCUT2D eigenvalue weighted by atomic mass is 9.95. The summed E-state index contributed by atoms with van der Waals surface area (Å²) in [6.07, 6.45) is -0.0145. The molecule has 0 unspecified atom stereocenters. The van der Waals surface area contributed by atoms with Gasteiger partial charge in [0.15, 0.2) is 0 Å². The number of benzene rings is 2. The van der Waals surface area contributed by atoms with Gasteiger partial charge in [0.1, 0.15) is 0 Å². The monoisotopic (exact) mass is 446 g/mol. The third-order valence-electron chi connectivity index (χ3n) is 5.50. The predicted octanol–water partition coefficient (Wildman–Crippen LogP) is 3.29. The molecule has 3 amide bonds. The Balaban J connectivity index is 1.99. The van der Waals surface area contributed by atoms with E-state index >= 15 is 0 Å². The Hall–Kier alpha value is -2.91. The van der Waals surface area contributed by atoms with Crippen LogP contribution in [0.1, 0.15) is 34.2 Å². The van der Waals surface area contributed by atoms with E-state index in [9.17, 15) is 18.0 Å². The molecule has 2 aromatic rings. The summed E-state index contributed by atoms with van der Waals surface area (Å²) >= 11 is 0. The third kappa shape index (κ3) is 5.83. The summed E-state index contributed by atoms with van der Waals surface area (Å²) in [7, 11) is -2.23. The van der Waals surface area contributed by atoms with E-state index in [4.69, 9.17) is 0 Å². The second kappa shape index (κ2) is 9.93. The molecular weight excluding hydrogens is 416 g/mol. The average Bonchev–Trinajstić information content (AvgIpc) is 2.71. The molecule has 0 heterocycles. The summed E-state index contributed by atoms with van der Waals surface area (Å²) in [4.78, 5) is 23.8. The molecule has 0 aromatic heterocycles. The van der Waals surface area contributed by atoms with Crippen molar-refractivity contribution in [2.24, 2.45) is 0 Å². The highest BCUT2D eigenvalue weighted by Crippen LogP contribution is 2.29. The molecule has 2 rings (SSSR count). The Morgan fingerprint density at radius 2 is 1.23 bits per heavy atom.